The lowest BCUT2D eigenvalue weighted by molar-refractivity contribution is 0.0692. The van der Waals surface area contributed by atoms with Crippen molar-refractivity contribution in [2.45, 2.75) is 32.2 Å². The third-order valence-electron chi connectivity index (χ3n) is 3.16. The number of carbonyl (C=O) groups is 1. The van der Waals surface area contributed by atoms with Gasteiger partial charge < -0.3 is 10.4 Å². The van der Waals surface area contributed by atoms with Crippen LogP contribution in [0.2, 0.25) is 0 Å². The molecule has 1 aromatic rings. The van der Waals surface area contributed by atoms with Crippen LogP contribution in [0, 0.1) is 11.7 Å². The predicted molar refractivity (Wildman–Crippen MR) is 61.6 cm³/mol. The number of hydrogen-bond acceptors (Lipinski definition) is 3. The molecular weight excluding hydrogens is 223 g/mol. The zero-order valence-corrected chi connectivity index (χ0v) is 9.61. The number of rotatable bonds is 3. The predicted octanol–water partition coefficient (Wildman–Crippen LogP) is 2.52. The summed E-state index contributed by atoms with van der Waals surface area (Å²) in [6, 6.07) is 1.36. The van der Waals surface area contributed by atoms with E-state index >= 15 is 0 Å². The molecule has 17 heavy (non-hydrogen) atoms. The Morgan fingerprint density at radius 2 is 2.35 bits per heavy atom. The van der Waals surface area contributed by atoms with Crippen molar-refractivity contribution in [2.75, 3.05) is 5.32 Å². The third-order valence-corrected chi connectivity index (χ3v) is 3.16. The van der Waals surface area contributed by atoms with E-state index in [1.165, 1.54) is 12.3 Å². The molecule has 1 fully saturated rings. The topological polar surface area (TPSA) is 62.2 Å². The molecule has 2 N–H and O–H groups in total. The molecule has 0 saturated heterocycles. The Hall–Kier alpha value is -1.65. The van der Waals surface area contributed by atoms with E-state index in [4.69, 9.17) is 5.11 Å². The summed E-state index contributed by atoms with van der Waals surface area (Å²) in [6.45, 7) is 2.15. The molecule has 1 aromatic heterocycles. The van der Waals surface area contributed by atoms with Gasteiger partial charge in [-0.05, 0) is 31.2 Å². The molecule has 1 saturated carbocycles. The summed E-state index contributed by atoms with van der Waals surface area (Å²) in [5.41, 5.74) is -0.339. The number of nitrogens with zero attached hydrogens (tertiary/aromatic N) is 1. The molecule has 2 unspecified atom stereocenters. The second kappa shape index (κ2) is 4.69. The van der Waals surface area contributed by atoms with E-state index in [1.807, 2.05) is 0 Å². The number of aromatic nitrogens is 1. The fourth-order valence-corrected chi connectivity index (χ4v) is 2.24. The van der Waals surface area contributed by atoms with Gasteiger partial charge in [-0.15, -0.1) is 0 Å². The standard InChI is InChI=1S/C12H15FN2O2/c1-7-2-3-8(6-7)15-11-10(13)9(12(16)17)4-5-14-11/h4-5,7-8H,2-3,6H2,1H3,(H,14,15)(H,16,17). The Morgan fingerprint density at radius 1 is 1.59 bits per heavy atom. The minimum Gasteiger partial charge on any atom is -0.478 e. The van der Waals surface area contributed by atoms with Gasteiger partial charge in [-0.3, -0.25) is 0 Å². The Morgan fingerprint density at radius 3 is 2.94 bits per heavy atom. The van der Waals surface area contributed by atoms with Crippen LogP contribution in [-0.2, 0) is 0 Å². The minimum absolute atomic E-state index is 0.0454. The average Bonchev–Trinajstić information content (AvgIpc) is 2.67. The summed E-state index contributed by atoms with van der Waals surface area (Å²) in [5.74, 6) is -1.38. The zero-order chi connectivity index (χ0) is 12.4. The van der Waals surface area contributed by atoms with Crippen LogP contribution >= 0.6 is 0 Å². The molecule has 1 heterocycles. The SMILES string of the molecule is CC1CCC(Nc2nccc(C(=O)O)c2F)C1. The molecule has 0 aromatic carbocycles. The maximum Gasteiger partial charge on any atom is 0.338 e. The molecule has 0 aliphatic heterocycles. The molecule has 1 aliphatic carbocycles. The number of aromatic carboxylic acids is 1. The highest BCUT2D eigenvalue weighted by Gasteiger charge is 2.23. The monoisotopic (exact) mass is 238 g/mol. The average molecular weight is 238 g/mol. The van der Waals surface area contributed by atoms with Crippen LogP contribution in [0.3, 0.4) is 0 Å². The van der Waals surface area contributed by atoms with Gasteiger partial charge in [0.1, 0.15) is 5.56 Å². The van der Waals surface area contributed by atoms with Gasteiger partial charge in [0, 0.05) is 12.2 Å². The summed E-state index contributed by atoms with van der Waals surface area (Å²) >= 11 is 0. The fraction of sp³-hybridized carbons (Fsp3) is 0.500. The number of hydrogen-bond donors (Lipinski definition) is 2. The van der Waals surface area contributed by atoms with Crippen LogP contribution in [0.1, 0.15) is 36.5 Å². The van der Waals surface area contributed by atoms with Crippen molar-refractivity contribution in [1.29, 1.82) is 0 Å². The molecule has 0 radical (unpaired) electrons. The Bertz CT molecular complexity index is 437. The maximum absolute atomic E-state index is 13.8. The number of nitrogens with one attached hydrogen (secondary N) is 1. The number of pyridine rings is 1. The fourth-order valence-electron chi connectivity index (χ4n) is 2.24. The van der Waals surface area contributed by atoms with Crippen LogP contribution in [0.4, 0.5) is 10.2 Å². The molecule has 5 heteroatoms. The third kappa shape index (κ3) is 2.54. The van der Waals surface area contributed by atoms with Gasteiger partial charge >= 0.3 is 5.97 Å². The molecular formula is C12H15FN2O2. The molecule has 1 aliphatic rings. The summed E-state index contributed by atoms with van der Waals surface area (Å²) in [6.07, 6.45) is 4.36. The van der Waals surface area contributed by atoms with Gasteiger partial charge in [0.25, 0.3) is 0 Å². The lowest BCUT2D eigenvalue weighted by Crippen LogP contribution is -2.18. The smallest absolute Gasteiger partial charge is 0.338 e. The molecule has 0 bridgehead atoms. The van der Waals surface area contributed by atoms with E-state index in [2.05, 4.69) is 17.2 Å². The van der Waals surface area contributed by atoms with Crippen molar-refractivity contribution < 1.29 is 14.3 Å². The van der Waals surface area contributed by atoms with E-state index in [0.29, 0.717) is 5.92 Å². The lowest BCUT2D eigenvalue weighted by Gasteiger charge is -2.14. The number of carboxylic acids is 1. The summed E-state index contributed by atoms with van der Waals surface area (Å²) < 4.78 is 13.8. The first-order valence-electron chi connectivity index (χ1n) is 5.72. The number of carboxylic acid groups (broad SMARTS) is 1. The van der Waals surface area contributed by atoms with E-state index in [0.717, 1.165) is 19.3 Å². The number of halogens is 1. The quantitative estimate of drug-likeness (QED) is 0.849. The van der Waals surface area contributed by atoms with Crippen molar-refractivity contribution >= 4 is 11.8 Å². The number of anilines is 1. The maximum atomic E-state index is 13.8. The van der Waals surface area contributed by atoms with Gasteiger partial charge in [0.15, 0.2) is 11.6 Å². The highest BCUT2D eigenvalue weighted by Crippen LogP contribution is 2.28. The Labute approximate surface area is 98.9 Å². The van der Waals surface area contributed by atoms with E-state index in [1.54, 1.807) is 0 Å². The molecule has 0 amide bonds. The minimum atomic E-state index is -1.27. The lowest BCUT2D eigenvalue weighted by atomic mass is 10.1. The van der Waals surface area contributed by atoms with Crippen LogP contribution in [0.5, 0.6) is 0 Å². The van der Waals surface area contributed by atoms with Crippen LogP contribution in [0.25, 0.3) is 0 Å². The second-order valence-corrected chi connectivity index (χ2v) is 4.59. The van der Waals surface area contributed by atoms with E-state index in [9.17, 15) is 9.18 Å². The van der Waals surface area contributed by atoms with Gasteiger partial charge in [0.2, 0.25) is 0 Å². The first kappa shape index (κ1) is 11.8. The van der Waals surface area contributed by atoms with Gasteiger partial charge in [-0.25, -0.2) is 14.2 Å². The van der Waals surface area contributed by atoms with Crippen LogP contribution < -0.4 is 5.32 Å². The highest BCUT2D eigenvalue weighted by molar-refractivity contribution is 5.88. The van der Waals surface area contributed by atoms with Crippen LogP contribution in [-0.4, -0.2) is 22.1 Å². The largest absolute Gasteiger partial charge is 0.478 e. The Kier molecular flexibility index (Phi) is 3.26. The van der Waals surface area contributed by atoms with Gasteiger partial charge in [-0.1, -0.05) is 6.92 Å². The molecule has 0 spiro atoms. The zero-order valence-electron chi connectivity index (χ0n) is 9.61. The molecule has 2 rings (SSSR count). The van der Waals surface area contributed by atoms with Gasteiger partial charge in [-0.2, -0.15) is 0 Å². The first-order valence-corrected chi connectivity index (χ1v) is 5.72. The molecule has 92 valence electrons. The summed E-state index contributed by atoms with van der Waals surface area (Å²) in [5, 5.41) is 11.8. The van der Waals surface area contributed by atoms with Gasteiger partial charge in [0.05, 0.1) is 0 Å². The van der Waals surface area contributed by atoms with Crippen molar-refractivity contribution in [3.05, 3.63) is 23.6 Å². The first-order chi connectivity index (χ1) is 8.08. The molecule has 2 atom stereocenters. The highest BCUT2D eigenvalue weighted by atomic mass is 19.1. The molecule has 4 nitrogen and oxygen atoms in total. The van der Waals surface area contributed by atoms with E-state index in [-0.39, 0.29) is 17.4 Å². The van der Waals surface area contributed by atoms with Crippen molar-refractivity contribution in [2.24, 2.45) is 5.92 Å². The van der Waals surface area contributed by atoms with Crippen molar-refractivity contribution in [1.82, 2.24) is 4.98 Å². The van der Waals surface area contributed by atoms with Crippen LogP contribution in [0.15, 0.2) is 12.3 Å². The summed E-state index contributed by atoms with van der Waals surface area (Å²) in [4.78, 5) is 14.6. The Balaban J connectivity index is 2.16. The normalized spacial score (nSPS) is 23.6. The second-order valence-electron chi connectivity index (χ2n) is 4.59. The summed E-state index contributed by atoms with van der Waals surface area (Å²) in [7, 11) is 0. The van der Waals surface area contributed by atoms with Crippen molar-refractivity contribution in [3.63, 3.8) is 0 Å². The van der Waals surface area contributed by atoms with E-state index < -0.39 is 11.8 Å². The van der Waals surface area contributed by atoms with Crippen molar-refractivity contribution in [3.8, 4) is 0 Å².